The highest BCUT2D eigenvalue weighted by Crippen LogP contribution is 2.09. The normalized spacial score (nSPS) is 12.0. The number of nitrogens with two attached hydrogens (primary N) is 1. The Kier molecular flexibility index (Phi) is 5.00. The van der Waals surface area contributed by atoms with Crippen LogP contribution in [0.3, 0.4) is 0 Å². The van der Waals surface area contributed by atoms with Gasteiger partial charge in [-0.05, 0) is 30.2 Å². The number of nitrogens with one attached hydrogen (secondary N) is 1. The molecule has 110 valence electrons. The van der Waals surface area contributed by atoms with E-state index in [9.17, 15) is 13.6 Å². The minimum atomic E-state index is -0.732. The van der Waals surface area contributed by atoms with Crippen molar-refractivity contribution in [3.05, 3.63) is 71.3 Å². The van der Waals surface area contributed by atoms with Gasteiger partial charge in [-0.1, -0.05) is 30.3 Å². The quantitative estimate of drug-likeness (QED) is 0.886. The van der Waals surface area contributed by atoms with Gasteiger partial charge in [-0.2, -0.15) is 0 Å². The van der Waals surface area contributed by atoms with Crippen LogP contribution in [-0.2, 0) is 17.8 Å². The van der Waals surface area contributed by atoms with Crippen molar-refractivity contribution in [2.24, 2.45) is 5.73 Å². The molecular formula is C16H16F2N2O. The number of carbonyl (C=O) groups is 1. The minimum Gasteiger partial charge on any atom is -0.351 e. The number of hydrogen-bond donors (Lipinski definition) is 2. The van der Waals surface area contributed by atoms with Crippen LogP contribution in [0, 0.1) is 11.6 Å². The topological polar surface area (TPSA) is 55.1 Å². The molecule has 2 aromatic rings. The summed E-state index contributed by atoms with van der Waals surface area (Å²) in [5.74, 6) is -1.51. The van der Waals surface area contributed by atoms with E-state index in [0.717, 1.165) is 23.8 Å². The summed E-state index contributed by atoms with van der Waals surface area (Å²) in [6, 6.07) is 11.7. The second-order valence-electron chi connectivity index (χ2n) is 4.75. The van der Waals surface area contributed by atoms with Crippen LogP contribution in [0.2, 0.25) is 0 Å². The molecule has 0 aliphatic rings. The summed E-state index contributed by atoms with van der Waals surface area (Å²) < 4.78 is 26.4. The minimum absolute atomic E-state index is 0.0923. The first kappa shape index (κ1) is 15.1. The fourth-order valence-corrected chi connectivity index (χ4v) is 1.95. The third-order valence-corrected chi connectivity index (χ3v) is 3.10. The average Bonchev–Trinajstić information content (AvgIpc) is 2.49. The predicted molar refractivity (Wildman–Crippen MR) is 76.3 cm³/mol. The van der Waals surface area contributed by atoms with Crippen LogP contribution in [0.4, 0.5) is 8.78 Å². The zero-order valence-corrected chi connectivity index (χ0v) is 11.4. The summed E-state index contributed by atoms with van der Waals surface area (Å²) in [6.07, 6.45) is 0.387. The molecule has 0 heterocycles. The molecule has 1 amide bonds. The Morgan fingerprint density at radius 1 is 1.14 bits per heavy atom. The molecule has 1 atom stereocenters. The van der Waals surface area contributed by atoms with E-state index in [-0.39, 0.29) is 12.1 Å². The van der Waals surface area contributed by atoms with Crippen molar-refractivity contribution < 1.29 is 13.6 Å². The first-order valence-corrected chi connectivity index (χ1v) is 6.57. The van der Waals surface area contributed by atoms with Gasteiger partial charge in [0.2, 0.25) is 5.91 Å². The Bertz CT molecular complexity index is 617. The third-order valence-electron chi connectivity index (χ3n) is 3.10. The summed E-state index contributed by atoms with van der Waals surface area (Å²) in [7, 11) is 0. The van der Waals surface area contributed by atoms with Gasteiger partial charge in [0.15, 0.2) is 0 Å². The van der Waals surface area contributed by atoms with E-state index in [2.05, 4.69) is 5.32 Å². The van der Waals surface area contributed by atoms with Gasteiger partial charge in [-0.25, -0.2) is 8.78 Å². The summed E-state index contributed by atoms with van der Waals surface area (Å²) in [5, 5.41) is 2.52. The summed E-state index contributed by atoms with van der Waals surface area (Å²) >= 11 is 0. The standard InChI is InChI=1S/C16H16F2N2O/c17-13-6-7-14(18)12(9-13)10-20-16(21)15(19)8-11-4-2-1-3-5-11/h1-7,9,15H,8,10,19H2,(H,20,21). The van der Waals surface area contributed by atoms with Gasteiger partial charge < -0.3 is 11.1 Å². The van der Waals surface area contributed by atoms with Crippen molar-refractivity contribution >= 4 is 5.91 Å². The Hall–Kier alpha value is -2.27. The van der Waals surface area contributed by atoms with Crippen LogP contribution in [0.25, 0.3) is 0 Å². The number of rotatable bonds is 5. The molecule has 0 saturated heterocycles. The second-order valence-corrected chi connectivity index (χ2v) is 4.75. The van der Waals surface area contributed by atoms with E-state index in [1.807, 2.05) is 30.3 Å². The van der Waals surface area contributed by atoms with E-state index >= 15 is 0 Å². The zero-order chi connectivity index (χ0) is 15.2. The van der Waals surface area contributed by atoms with Crippen molar-refractivity contribution in [3.8, 4) is 0 Å². The lowest BCUT2D eigenvalue weighted by Crippen LogP contribution is -2.41. The number of hydrogen-bond acceptors (Lipinski definition) is 2. The Morgan fingerprint density at radius 2 is 1.86 bits per heavy atom. The molecule has 5 heteroatoms. The van der Waals surface area contributed by atoms with Crippen LogP contribution >= 0.6 is 0 Å². The van der Waals surface area contributed by atoms with Gasteiger partial charge in [0.1, 0.15) is 11.6 Å². The molecule has 21 heavy (non-hydrogen) atoms. The molecule has 0 fully saturated rings. The maximum absolute atomic E-state index is 13.4. The van der Waals surface area contributed by atoms with Crippen molar-refractivity contribution in [2.45, 2.75) is 19.0 Å². The fraction of sp³-hybridized carbons (Fsp3) is 0.188. The molecule has 0 saturated carbocycles. The molecule has 0 spiro atoms. The van der Waals surface area contributed by atoms with Gasteiger partial charge >= 0.3 is 0 Å². The molecule has 0 aliphatic heterocycles. The molecular weight excluding hydrogens is 274 g/mol. The monoisotopic (exact) mass is 290 g/mol. The SMILES string of the molecule is NC(Cc1ccccc1)C(=O)NCc1cc(F)ccc1F. The molecule has 0 aliphatic carbocycles. The zero-order valence-electron chi connectivity index (χ0n) is 11.4. The van der Waals surface area contributed by atoms with Crippen LogP contribution < -0.4 is 11.1 Å². The Labute approximate surface area is 121 Å². The van der Waals surface area contributed by atoms with E-state index in [0.29, 0.717) is 6.42 Å². The van der Waals surface area contributed by atoms with Crippen LogP contribution in [0.1, 0.15) is 11.1 Å². The Morgan fingerprint density at radius 3 is 2.57 bits per heavy atom. The molecule has 2 aromatic carbocycles. The maximum Gasteiger partial charge on any atom is 0.237 e. The molecule has 3 nitrogen and oxygen atoms in total. The maximum atomic E-state index is 13.4. The highest BCUT2D eigenvalue weighted by molar-refractivity contribution is 5.81. The fourth-order valence-electron chi connectivity index (χ4n) is 1.95. The summed E-state index contributed by atoms with van der Waals surface area (Å²) in [5.41, 5.74) is 6.84. The number of halogens is 2. The third kappa shape index (κ3) is 4.36. The second kappa shape index (κ2) is 6.95. The smallest absolute Gasteiger partial charge is 0.237 e. The van der Waals surface area contributed by atoms with Crippen molar-refractivity contribution in [2.75, 3.05) is 0 Å². The molecule has 0 bridgehead atoms. The number of carbonyl (C=O) groups excluding carboxylic acids is 1. The van der Waals surface area contributed by atoms with Gasteiger partial charge in [-0.3, -0.25) is 4.79 Å². The molecule has 0 radical (unpaired) electrons. The van der Waals surface area contributed by atoms with E-state index in [1.54, 1.807) is 0 Å². The summed E-state index contributed by atoms with van der Waals surface area (Å²) in [6.45, 7) is -0.0923. The highest BCUT2D eigenvalue weighted by Gasteiger charge is 2.14. The predicted octanol–water partition coefficient (Wildman–Crippen LogP) is 2.15. The van der Waals surface area contributed by atoms with Crippen LogP contribution in [0.15, 0.2) is 48.5 Å². The lowest BCUT2D eigenvalue weighted by molar-refractivity contribution is -0.122. The first-order valence-electron chi connectivity index (χ1n) is 6.57. The number of amides is 1. The van der Waals surface area contributed by atoms with E-state index in [4.69, 9.17) is 5.73 Å². The van der Waals surface area contributed by atoms with Crippen molar-refractivity contribution in [1.82, 2.24) is 5.32 Å². The van der Waals surface area contributed by atoms with Gasteiger partial charge in [0.25, 0.3) is 0 Å². The van der Waals surface area contributed by atoms with E-state index in [1.165, 1.54) is 0 Å². The first-order chi connectivity index (χ1) is 10.1. The number of benzene rings is 2. The highest BCUT2D eigenvalue weighted by atomic mass is 19.1. The lowest BCUT2D eigenvalue weighted by Gasteiger charge is -2.12. The molecule has 2 rings (SSSR count). The lowest BCUT2D eigenvalue weighted by atomic mass is 10.1. The van der Waals surface area contributed by atoms with Crippen molar-refractivity contribution in [3.63, 3.8) is 0 Å². The molecule has 0 aromatic heterocycles. The van der Waals surface area contributed by atoms with Gasteiger partial charge in [0.05, 0.1) is 6.04 Å². The Balaban J connectivity index is 1.91. The average molecular weight is 290 g/mol. The van der Waals surface area contributed by atoms with Crippen LogP contribution in [0.5, 0.6) is 0 Å². The molecule has 1 unspecified atom stereocenters. The van der Waals surface area contributed by atoms with Crippen LogP contribution in [-0.4, -0.2) is 11.9 Å². The van der Waals surface area contributed by atoms with Crippen molar-refractivity contribution in [1.29, 1.82) is 0 Å². The van der Waals surface area contributed by atoms with Gasteiger partial charge in [0, 0.05) is 12.1 Å². The molecule has 3 N–H and O–H groups in total. The van der Waals surface area contributed by atoms with Gasteiger partial charge in [-0.15, -0.1) is 0 Å². The summed E-state index contributed by atoms with van der Waals surface area (Å²) in [4.78, 5) is 11.9. The van der Waals surface area contributed by atoms with E-state index < -0.39 is 23.6 Å². The largest absolute Gasteiger partial charge is 0.351 e.